The van der Waals surface area contributed by atoms with Gasteiger partial charge in [0.05, 0.1) is 18.3 Å². The van der Waals surface area contributed by atoms with E-state index in [1.165, 1.54) is 5.56 Å². The lowest BCUT2D eigenvalue weighted by atomic mass is 10.1. The number of aromatic nitrogens is 1. The van der Waals surface area contributed by atoms with Crippen LogP contribution < -0.4 is 10.5 Å². The minimum absolute atomic E-state index is 0.107. The van der Waals surface area contributed by atoms with Crippen LogP contribution in [-0.2, 0) is 11.3 Å². The van der Waals surface area contributed by atoms with Crippen molar-refractivity contribution in [3.05, 3.63) is 41.1 Å². The number of hydrogen-bond acceptors (Lipinski definition) is 4. The zero-order valence-electron chi connectivity index (χ0n) is 13.5. The molecule has 1 fully saturated rings. The molecule has 1 atom stereocenters. The van der Waals surface area contributed by atoms with E-state index in [4.69, 9.17) is 15.2 Å². The van der Waals surface area contributed by atoms with Crippen LogP contribution in [0.15, 0.2) is 24.3 Å². The van der Waals surface area contributed by atoms with E-state index < -0.39 is 0 Å². The van der Waals surface area contributed by atoms with Gasteiger partial charge in [0.2, 0.25) is 5.88 Å². The molecule has 0 unspecified atom stereocenters. The third kappa shape index (κ3) is 3.17. The third-order valence-corrected chi connectivity index (χ3v) is 4.29. The van der Waals surface area contributed by atoms with E-state index >= 15 is 0 Å². The maximum atomic E-state index is 9.35. The third-order valence-electron chi connectivity index (χ3n) is 4.29. The molecule has 1 aliphatic heterocycles. The predicted octanol–water partition coefficient (Wildman–Crippen LogP) is 3.53. The fraction of sp³-hybridized carbons (Fsp3) is 0.389. The molecule has 1 aromatic heterocycles. The fourth-order valence-electron chi connectivity index (χ4n) is 2.82. The number of nitrogen functional groups attached to an aromatic ring is 1. The summed E-state index contributed by atoms with van der Waals surface area (Å²) in [4.78, 5) is 0. The summed E-state index contributed by atoms with van der Waals surface area (Å²) in [5.74, 6) is 1.23. The zero-order chi connectivity index (χ0) is 16.4. The van der Waals surface area contributed by atoms with E-state index in [-0.39, 0.29) is 6.10 Å². The van der Waals surface area contributed by atoms with Gasteiger partial charge in [0.15, 0.2) is 0 Å². The Labute approximate surface area is 136 Å². The molecule has 1 aliphatic rings. The average molecular weight is 311 g/mol. The van der Waals surface area contributed by atoms with Crippen molar-refractivity contribution in [1.29, 1.82) is 5.26 Å². The SMILES string of the molecule is Cc1ccc(Oc2c(N)cc(C#N)n2C[C@@H]2CCCO2)cc1C. The average Bonchev–Trinajstić information content (AvgIpc) is 3.14. The van der Waals surface area contributed by atoms with Crippen molar-refractivity contribution in [2.24, 2.45) is 0 Å². The van der Waals surface area contributed by atoms with Crippen molar-refractivity contribution < 1.29 is 9.47 Å². The Morgan fingerprint density at radius 1 is 1.35 bits per heavy atom. The Kier molecular flexibility index (Phi) is 4.26. The Morgan fingerprint density at radius 3 is 2.83 bits per heavy atom. The first-order valence-corrected chi connectivity index (χ1v) is 7.84. The summed E-state index contributed by atoms with van der Waals surface area (Å²) in [5, 5.41) is 9.35. The van der Waals surface area contributed by atoms with Crippen LogP contribution in [0.3, 0.4) is 0 Å². The van der Waals surface area contributed by atoms with E-state index in [1.807, 2.05) is 29.7 Å². The summed E-state index contributed by atoms with van der Waals surface area (Å²) in [6, 6.07) is 9.75. The predicted molar refractivity (Wildman–Crippen MR) is 88.5 cm³/mol. The van der Waals surface area contributed by atoms with Gasteiger partial charge < -0.3 is 15.2 Å². The molecular formula is C18H21N3O2. The minimum Gasteiger partial charge on any atom is -0.439 e. The molecule has 0 aliphatic carbocycles. The lowest BCUT2D eigenvalue weighted by Crippen LogP contribution is -2.16. The normalized spacial score (nSPS) is 17.2. The number of anilines is 1. The molecule has 2 aromatic rings. The lowest BCUT2D eigenvalue weighted by molar-refractivity contribution is 0.0952. The Bertz CT molecular complexity index is 752. The molecule has 5 nitrogen and oxygen atoms in total. The molecular weight excluding hydrogens is 290 g/mol. The summed E-state index contributed by atoms with van der Waals surface area (Å²) in [6.07, 6.45) is 2.15. The second kappa shape index (κ2) is 6.35. The van der Waals surface area contributed by atoms with Gasteiger partial charge in [-0.1, -0.05) is 6.07 Å². The van der Waals surface area contributed by atoms with Gasteiger partial charge in [0, 0.05) is 12.7 Å². The lowest BCUT2D eigenvalue weighted by Gasteiger charge is -2.16. The highest BCUT2D eigenvalue weighted by Gasteiger charge is 2.22. The molecule has 0 saturated carbocycles. The number of benzene rings is 1. The summed E-state index contributed by atoms with van der Waals surface area (Å²) >= 11 is 0. The van der Waals surface area contributed by atoms with Gasteiger partial charge in [-0.05, 0) is 49.9 Å². The summed E-state index contributed by atoms with van der Waals surface area (Å²) in [5.41, 5.74) is 9.40. The topological polar surface area (TPSA) is 73.2 Å². The molecule has 0 bridgehead atoms. The molecule has 0 amide bonds. The van der Waals surface area contributed by atoms with Crippen molar-refractivity contribution in [3.8, 4) is 17.7 Å². The summed E-state index contributed by atoms with van der Waals surface area (Å²) in [7, 11) is 0. The van der Waals surface area contributed by atoms with Crippen LogP contribution in [-0.4, -0.2) is 17.3 Å². The highest BCUT2D eigenvalue weighted by atomic mass is 16.5. The molecule has 3 rings (SSSR count). The zero-order valence-corrected chi connectivity index (χ0v) is 13.5. The Hall–Kier alpha value is -2.45. The number of rotatable bonds is 4. The number of hydrogen-bond donors (Lipinski definition) is 1. The maximum absolute atomic E-state index is 9.35. The molecule has 1 aromatic carbocycles. The van der Waals surface area contributed by atoms with Gasteiger partial charge >= 0.3 is 0 Å². The van der Waals surface area contributed by atoms with Gasteiger partial charge in [0.1, 0.15) is 17.5 Å². The van der Waals surface area contributed by atoms with Gasteiger partial charge in [-0.15, -0.1) is 0 Å². The van der Waals surface area contributed by atoms with Crippen LogP contribution in [0.4, 0.5) is 5.69 Å². The standard InChI is InChI=1S/C18H21N3O2/c1-12-5-6-15(8-13(12)2)23-18-17(20)9-14(10-19)21(18)11-16-4-3-7-22-16/h5-6,8-9,16H,3-4,7,11,20H2,1-2H3/t16-/m0/s1. The van der Waals surface area contributed by atoms with Crippen LogP contribution in [0, 0.1) is 25.2 Å². The Morgan fingerprint density at radius 2 is 2.17 bits per heavy atom. The van der Waals surface area contributed by atoms with Crippen molar-refractivity contribution >= 4 is 5.69 Å². The summed E-state index contributed by atoms with van der Waals surface area (Å²) in [6.45, 7) is 5.45. The number of nitrogens with zero attached hydrogens (tertiary/aromatic N) is 2. The van der Waals surface area contributed by atoms with Crippen molar-refractivity contribution in [3.63, 3.8) is 0 Å². The van der Waals surface area contributed by atoms with Crippen LogP contribution in [0.2, 0.25) is 0 Å². The first-order chi connectivity index (χ1) is 11.1. The molecule has 120 valence electrons. The summed E-state index contributed by atoms with van der Waals surface area (Å²) < 4.78 is 13.5. The second-order valence-corrected chi connectivity index (χ2v) is 6.00. The molecule has 1 saturated heterocycles. The van der Waals surface area contributed by atoms with Gasteiger partial charge in [-0.2, -0.15) is 5.26 Å². The number of aryl methyl sites for hydroxylation is 2. The van der Waals surface area contributed by atoms with Crippen LogP contribution in [0.25, 0.3) is 0 Å². The van der Waals surface area contributed by atoms with Crippen LogP contribution >= 0.6 is 0 Å². The van der Waals surface area contributed by atoms with Crippen LogP contribution in [0.5, 0.6) is 11.6 Å². The van der Waals surface area contributed by atoms with Gasteiger partial charge in [-0.3, -0.25) is 4.57 Å². The second-order valence-electron chi connectivity index (χ2n) is 6.00. The highest BCUT2D eigenvalue weighted by Crippen LogP contribution is 2.33. The van der Waals surface area contributed by atoms with Crippen molar-refractivity contribution in [1.82, 2.24) is 4.57 Å². The molecule has 0 spiro atoms. The van der Waals surface area contributed by atoms with E-state index in [0.717, 1.165) is 30.8 Å². The van der Waals surface area contributed by atoms with Gasteiger partial charge in [-0.25, -0.2) is 0 Å². The highest BCUT2D eigenvalue weighted by molar-refractivity contribution is 5.56. The van der Waals surface area contributed by atoms with Crippen molar-refractivity contribution in [2.45, 2.75) is 39.3 Å². The molecule has 2 N–H and O–H groups in total. The monoisotopic (exact) mass is 311 g/mol. The first kappa shape index (κ1) is 15.4. The largest absolute Gasteiger partial charge is 0.439 e. The van der Waals surface area contributed by atoms with Crippen molar-refractivity contribution in [2.75, 3.05) is 12.3 Å². The molecule has 23 heavy (non-hydrogen) atoms. The van der Waals surface area contributed by atoms with E-state index in [0.29, 0.717) is 23.8 Å². The van der Waals surface area contributed by atoms with Gasteiger partial charge in [0.25, 0.3) is 0 Å². The number of nitriles is 1. The molecule has 2 heterocycles. The fourth-order valence-corrected chi connectivity index (χ4v) is 2.82. The van der Waals surface area contributed by atoms with E-state index in [2.05, 4.69) is 13.0 Å². The quantitative estimate of drug-likeness (QED) is 0.937. The molecule has 5 heteroatoms. The minimum atomic E-state index is 0.107. The molecule has 0 radical (unpaired) electrons. The van der Waals surface area contributed by atoms with E-state index in [1.54, 1.807) is 6.07 Å². The number of ether oxygens (including phenoxy) is 2. The van der Waals surface area contributed by atoms with E-state index in [9.17, 15) is 5.26 Å². The number of nitrogens with two attached hydrogens (primary N) is 1. The Balaban J connectivity index is 1.92. The van der Waals surface area contributed by atoms with Crippen LogP contribution in [0.1, 0.15) is 29.7 Å². The smallest absolute Gasteiger partial charge is 0.224 e. The first-order valence-electron chi connectivity index (χ1n) is 7.84. The maximum Gasteiger partial charge on any atom is 0.224 e.